The van der Waals surface area contributed by atoms with Gasteiger partial charge in [0.1, 0.15) is 0 Å². The highest BCUT2D eigenvalue weighted by molar-refractivity contribution is 7.81. The highest BCUT2D eigenvalue weighted by Gasteiger charge is 2.43. The number of hydrogen-bond acceptors (Lipinski definition) is 2. The van der Waals surface area contributed by atoms with Gasteiger partial charge in [-0.3, -0.25) is 4.79 Å². The van der Waals surface area contributed by atoms with Gasteiger partial charge in [-0.2, -0.15) is 12.6 Å². The molecule has 0 bridgehead atoms. The van der Waals surface area contributed by atoms with E-state index in [0.717, 1.165) is 17.4 Å². The van der Waals surface area contributed by atoms with Crippen molar-refractivity contribution in [3.05, 3.63) is 0 Å². The third-order valence-corrected chi connectivity index (χ3v) is 2.94. The van der Waals surface area contributed by atoms with Gasteiger partial charge in [0.15, 0.2) is 6.04 Å². The Balaban J connectivity index is 2.71. The number of hydrogen-bond donors (Lipinski definition) is 2. The Labute approximate surface area is 79.1 Å². The van der Waals surface area contributed by atoms with Crippen LogP contribution in [0.4, 0.5) is 0 Å². The zero-order chi connectivity index (χ0) is 9.35. The van der Waals surface area contributed by atoms with Gasteiger partial charge in [-0.15, -0.1) is 0 Å². The summed E-state index contributed by atoms with van der Waals surface area (Å²) in [7, 11) is 5.85. The van der Waals surface area contributed by atoms with Crippen LogP contribution in [0.3, 0.4) is 0 Å². The minimum absolute atomic E-state index is 0.0810. The van der Waals surface area contributed by atoms with Crippen LogP contribution in [0, 0.1) is 0 Å². The van der Waals surface area contributed by atoms with Gasteiger partial charge in [-0.25, -0.2) is 0 Å². The highest BCUT2D eigenvalue weighted by atomic mass is 32.1. The summed E-state index contributed by atoms with van der Waals surface area (Å²) in [5.41, 5.74) is 0. The number of carbonyl (C=O) groups is 1. The van der Waals surface area contributed by atoms with E-state index < -0.39 is 0 Å². The Hall–Kier alpha value is -0.220. The monoisotopic (exact) mass is 189 g/mol. The molecule has 4 heteroatoms. The molecule has 1 fully saturated rings. The second kappa shape index (κ2) is 3.26. The van der Waals surface area contributed by atoms with Gasteiger partial charge in [-0.05, 0) is 0 Å². The van der Waals surface area contributed by atoms with Gasteiger partial charge in [0.05, 0.1) is 25.9 Å². The maximum absolute atomic E-state index is 11.4. The fourth-order valence-electron chi connectivity index (χ4n) is 1.88. The molecule has 0 unspecified atom stereocenters. The lowest BCUT2D eigenvalue weighted by Gasteiger charge is -2.29. The van der Waals surface area contributed by atoms with Gasteiger partial charge >= 0.3 is 0 Å². The molecule has 0 aromatic carbocycles. The second-order valence-electron chi connectivity index (χ2n) is 3.98. The van der Waals surface area contributed by atoms with Crippen LogP contribution < -0.4 is 5.32 Å². The van der Waals surface area contributed by atoms with Crippen molar-refractivity contribution in [3.63, 3.8) is 0 Å². The van der Waals surface area contributed by atoms with Crippen LogP contribution in [0.15, 0.2) is 0 Å². The van der Waals surface area contributed by atoms with Crippen LogP contribution in [0.2, 0.25) is 0 Å². The number of likely N-dealkylation sites (N-methyl/N-ethyl adjacent to an activating group) is 2. The molecule has 0 aromatic rings. The van der Waals surface area contributed by atoms with E-state index in [0.29, 0.717) is 5.25 Å². The summed E-state index contributed by atoms with van der Waals surface area (Å²) < 4.78 is 0.758. The van der Waals surface area contributed by atoms with Crippen molar-refractivity contribution in [2.24, 2.45) is 0 Å². The van der Waals surface area contributed by atoms with Crippen LogP contribution in [0.25, 0.3) is 0 Å². The lowest BCUT2D eigenvalue weighted by molar-refractivity contribution is -0.892. The van der Waals surface area contributed by atoms with Crippen LogP contribution in [0.1, 0.15) is 6.42 Å². The summed E-state index contributed by atoms with van der Waals surface area (Å²) in [6.45, 7) is 0.973. The average molecular weight is 189 g/mol. The summed E-state index contributed by atoms with van der Waals surface area (Å²) in [4.78, 5) is 11.4. The molecule has 3 nitrogen and oxygen atoms in total. The molecule has 1 aliphatic rings. The van der Waals surface area contributed by atoms with Crippen molar-refractivity contribution in [1.82, 2.24) is 5.32 Å². The minimum Gasteiger partial charge on any atom is -0.354 e. The number of likely N-dealkylation sites (tertiary alicyclic amines) is 1. The predicted molar refractivity (Wildman–Crippen MR) is 52.2 cm³/mol. The summed E-state index contributed by atoms with van der Waals surface area (Å²) in [5, 5.41) is 3.06. The van der Waals surface area contributed by atoms with Crippen LogP contribution in [0.5, 0.6) is 0 Å². The second-order valence-corrected chi connectivity index (χ2v) is 4.71. The first-order valence-electron chi connectivity index (χ1n) is 4.19. The molecule has 0 saturated carbocycles. The number of carbonyl (C=O) groups excluding carboxylic acids is 1. The molecule has 0 spiro atoms. The van der Waals surface area contributed by atoms with Gasteiger partial charge in [0.2, 0.25) is 0 Å². The Morgan fingerprint density at radius 3 is 2.50 bits per heavy atom. The molecule has 1 amide bonds. The van der Waals surface area contributed by atoms with E-state index in [2.05, 4.69) is 32.0 Å². The van der Waals surface area contributed by atoms with E-state index >= 15 is 0 Å². The minimum atomic E-state index is 0.0810. The zero-order valence-corrected chi connectivity index (χ0v) is 8.77. The molecule has 0 aliphatic carbocycles. The smallest absolute Gasteiger partial charge is 0.278 e. The largest absolute Gasteiger partial charge is 0.354 e. The average Bonchev–Trinajstić information content (AvgIpc) is 2.23. The quantitative estimate of drug-likeness (QED) is 0.437. The molecular weight excluding hydrogens is 172 g/mol. The maximum Gasteiger partial charge on any atom is 0.278 e. The predicted octanol–water partition coefficient (Wildman–Crippen LogP) is -0.121. The lowest BCUT2D eigenvalue weighted by Crippen LogP contribution is -2.51. The fourth-order valence-corrected chi connectivity index (χ4v) is 2.50. The molecule has 1 N–H and O–H groups in total. The van der Waals surface area contributed by atoms with Gasteiger partial charge in [-0.1, -0.05) is 0 Å². The summed E-state index contributed by atoms with van der Waals surface area (Å²) in [6.07, 6.45) is 0.885. The van der Waals surface area contributed by atoms with E-state index in [4.69, 9.17) is 0 Å². The Bertz CT molecular complexity index is 193. The molecule has 70 valence electrons. The van der Waals surface area contributed by atoms with Crippen molar-refractivity contribution < 1.29 is 9.28 Å². The SMILES string of the molecule is CNC(=O)[C@@H]1C[C@H](S)C[N+]1(C)C. The Kier molecular flexibility index (Phi) is 2.68. The maximum atomic E-state index is 11.4. The number of rotatable bonds is 1. The Morgan fingerprint density at radius 1 is 1.58 bits per heavy atom. The van der Waals surface area contributed by atoms with Crippen molar-refractivity contribution in [1.29, 1.82) is 0 Å². The van der Waals surface area contributed by atoms with E-state index in [1.165, 1.54) is 0 Å². The molecular formula is C8H17N2OS+. The van der Waals surface area contributed by atoms with Crippen LogP contribution in [-0.2, 0) is 4.79 Å². The van der Waals surface area contributed by atoms with Gasteiger partial charge in [0.25, 0.3) is 5.91 Å². The van der Waals surface area contributed by atoms with Crippen molar-refractivity contribution in [3.8, 4) is 0 Å². The van der Waals surface area contributed by atoms with E-state index in [9.17, 15) is 4.79 Å². The number of thiol groups is 1. The highest BCUT2D eigenvalue weighted by Crippen LogP contribution is 2.25. The van der Waals surface area contributed by atoms with Gasteiger partial charge < -0.3 is 9.80 Å². The molecule has 1 saturated heterocycles. The molecule has 1 aliphatic heterocycles. The molecule has 1 rings (SSSR count). The molecule has 1 heterocycles. The standard InChI is InChI=1S/C8H16N2OS/c1-9-8(11)7-4-6(12)5-10(7,2)3/h6-7H,4-5H2,1-3H3,(H-,9,11,12)/p+1/t6-,7-/m0/s1. The molecule has 0 radical (unpaired) electrons. The fraction of sp³-hybridized carbons (Fsp3) is 0.875. The first-order valence-corrected chi connectivity index (χ1v) is 4.71. The normalized spacial score (nSPS) is 33.3. The lowest BCUT2D eigenvalue weighted by atomic mass is 10.2. The number of nitrogens with zero attached hydrogens (tertiary/aromatic N) is 1. The van der Waals surface area contributed by atoms with Crippen molar-refractivity contribution in [2.75, 3.05) is 27.7 Å². The van der Waals surface area contributed by atoms with Crippen LogP contribution >= 0.6 is 12.6 Å². The molecule has 2 atom stereocenters. The summed E-state index contributed by atoms with van der Waals surface area (Å²) in [5.74, 6) is 0.136. The molecule has 0 aromatic heterocycles. The number of quaternary nitrogens is 1. The first kappa shape index (κ1) is 9.86. The number of nitrogens with one attached hydrogen (secondary N) is 1. The third-order valence-electron chi connectivity index (χ3n) is 2.57. The summed E-state index contributed by atoms with van der Waals surface area (Å²) in [6, 6.07) is 0.0810. The van der Waals surface area contributed by atoms with E-state index in [1.807, 2.05) is 0 Å². The Morgan fingerprint density at radius 2 is 2.17 bits per heavy atom. The number of amides is 1. The van der Waals surface area contributed by atoms with Gasteiger partial charge in [0, 0.05) is 13.5 Å². The van der Waals surface area contributed by atoms with E-state index in [1.54, 1.807) is 7.05 Å². The van der Waals surface area contributed by atoms with Crippen molar-refractivity contribution >= 4 is 18.5 Å². The van der Waals surface area contributed by atoms with Crippen molar-refractivity contribution in [2.45, 2.75) is 17.7 Å². The topological polar surface area (TPSA) is 29.1 Å². The van der Waals surface area contributed by atoms with Crippen LogP contribution in [-0.4, -0.2) is 49.4 Å². The first-order chi connectivity index (χ1) is 5.47. The zero-order valence-electron chi connectivity index (χ0n) is 7.87. The molecule has 12 heavy (non-hydrogen) atoms. The van der Waals surface area contributed by atoms with E-state index in [-0.39, 0.29) is 11.9 Å². The third kappa shape index (κ3) is 1.75. The summed E-state index contributed by atoms with van der Waals surface area (Å²) >= 11 is 4.40.